The van der Waals surface area contributed by atoms with E-state index in [2.05, 4.69) is 220 Å². The Morgan fingerprint density at radius 1 is 0.433 bits per heavy atom. The molecule has 2 aliphatic heterocycles. The van der Waals surface area contributed by atoms with Crippen LogP contribution in [-0.4, -0.2) is 6.71 Å². The molecule has 6 aromatic carbocycles. The summed E-state index contributed by atoms with van der Waals surface area (Å²) >= 11 is 2.07. The van der Waals surface area contributed by atoms with E-state index >= 15 is 0 Å². The number of nitrogens with zero attached hydrogens (tertiary/aromatic N) is 2. The highest BCUT2D eigenvalue weighted by atomic mass is 32.1. The molecule has 340 valence electrons. The fourth-order valence-electron chi connectivity index (χ4n) is 13.4. The summed E-state index contributed by atoms with van der Waals surface area (Å²) in [5, 5.41) is 1.40. The van der Waals surface area contributed by atoms with Gasteiger partial charge >= 0.3 is 0 Å². The average Bonchev–Trinajstić information content (AvgIpc) is 3.66. The van der Waals surface area contributed by atoms with Crippen molar-refractivity contribution in [2.45, 2.75) is 161 Å². The number of aryl methyl sites for hydroxylation is 1. The van der Waals surface area contributed by atoms with Crippen molar-refractivity contribution >= 4 is 78.0 Å². The second kappa shape index (κ2) is 14.0. The Balaban J connectivity index is 1.19. The van der Waals surface area contributed by atoms with Gasteiger partial charge in [0.1, 0.15) is 0 Å². The van der Waals surface area contributed by atoms with Crippen LogP contribution in [0.15, 0.2) is 109 Å². The van der Waals surface area contributed by atoms with E-state index in [0.29, 0.717) is 0 Å². The van der Waals surface area contributed by atoms with Crippen LogP contribution in [-0.2, 0) is 32.5 Å². The third-order valence-corrected chi connectivity index (χ3v) is 19.3. The lowest BCUT2D eigenvalue weighted by Crippen LogP contribution is -2.61. The molecule has 0 fully saturated rings. The molecular formula is C63H69BN2S. The minimum Gasteiger partial charge on any atom is -0.311 e. The summed E-state index contributed by atoms with van der Waals surface area (Å²) in [6.07, 6.45) is 7.18. The van der Waals surface area contributed by atoms with Gasteiger partial charge in [-0.25, -0.2) is 0 Å². The third kappa shape index (κ3) is 6.33. The summed E-state index contributed by atoms with van der Waals surface area (Å²) in [4.78, 5) is 5.40. The molecule has 0 radical (unpaired) electrons. The van der Waals surface area contributed by atoms with Gasteiger partial charge in [-0.2, -0.15) is 0 Å². The predicted molar refractivity (Wildman–Crippen MR) is 292 cm³/mol. The minimum atomic E-state index is 0.0716. The van der Waals surface area contributed by atoms with Crippen LogP contribution < -0.4 is 25.5 Å². The molecule has 1 aromatic heterocycles. The fraction of sp³-hybridized carbons (Fsp3) is 0.397. The lowest BCUT2D eigenvalue weighted by molar-refractivity contribution is 0.332. The first-order valence-electron chi connectivity index (χ1n) is 25.4. The summed E-state index contributed by atoms with van der Waals surface area (Å²) in [7, 11) is 0. The van der Waals surface area contributed by atoms with Crippen molar-refractivity contribution in [3.05, 3.63) is 148 Å². The van der Waals surface area contributed by atoms with Crippen LogP contribution in [0.5, 0.6) is 0 Å². The third-order valence-electron chi connectivity index (χ3n) is 18.1. The monoisotopic (exact) mass is 897 g/mol. The van der Waals surface area contributed by atoms with E-state index in [1.165, 1.54) is 149 Å². The molecule has 0 saturated heterocycles. The lowest BCUT2D eigenvalue weighted by Gasteiger charge is -2.47. The van der Waals surface area contributed by atoms with E-state index in [4.69, 9.17) is 0 Å². The maximum absolute atomic E-state index is 2.72. The Bertz CT molecular complexity index is 3210. The van der Waals surface area contributed by atoms with E-state index in [0.717, 1.165) is 0 Å². The molecule has 67 heavy (non-hydrogen) atoms. The van der Waals surface area contributed by atoms with Crippen LogP contribution in [0.4, 0.5) is 34.1 Å². The van der Waals surface area contributed by atoms with Gasteiger partial charge in [0, 0.05) is 43.3 Å². The molecule has 0 spiro atoms. The van der Waals surface area contributed by atoms with Gasteiger partial charge in [-0.15, -0.1) is 11.3 Å². The van der Waals surface area contributed by atoms with Crippen LogP contribution in [0, 0.1) is 6.92 Å². The highest BCUT2D eigenvalue weighted by Crippen LogP contribution is 2.55. The number of hydrogen-bond acceptors (Lipinski definition) is 3. The average molecular weight is 897 g/mol. The largest absolute Gasteiger partial charge is 0.311 e. The molecule has 7 aromatic rings. The Morgan fingerprint density at radius 3 is 1.51 bits per heavy atom. The molecule has 0 bridgehead atoms. The van der Waals surface area contributed by atoms with Gasteiger partial charge in [0.05, 0.1) is 5.69 Å². The first kappa shape index (κ1) is 43.2. The van der Waals surface area contributed by atoms with Gasteiger partial charge in [-0.1, -0.05) is 138 Å². The van der Waals surface area contributed by atoms with Crippen LogP contribution in [0.1, 0.15) is 161 Å². The van der Waals surface area contributed by atoms with Gasteiger partial charge in [0.25, 0.3) is 6.71 Å². The fourth-order valence-corrected chi connectivity index (χ4v) is 14.8. The SMILES string of the molecule is Cc1cc2c3c(c1)N(c1ccc(-c4ccccc4)cc1)c1c(sc4cc5c(cc14)C(C)(C)CCC5(C)C)B3c1cc3c(cc1N2c1ccc2c(c1)C(C)(C)CCC2(C)C)C(C)(C)CCC3(C)C. The van der Waals surface area contributed by atoms with Crippen molar-refractivity contribution in [1.82, 2.24) is 0 Å². The van der Waals surface area contributed by atoms with Crippen LogP contribution in [0.25, 0.3) is 21.2 Å². The zero-order valence-corrected chi connectivity index (χ0v) is 43.3. The normalized spacial score (nSPS) is 20.6. The number of fused-ring (bicyclic) bond motifs is 9. The first-order chi connectivity index (χ1) is 31.6. The smallest absolute Gasteiger partial charge is 0.264 e. The van der Waals surface area contributed by atoms with Crippen molar-refractivity contribution in [1.29, 1.82) is 0 Å². The van der Waals surface area contributed by atoms with E-state index in [-0.39, 0.29) is 39.2 Å². The maximum Gasteiger partial charge on any atom is 0.264 e. The van der Waals surface area contributed by atoms with E-state index in [1.54, 1.807) is 0 Å². The van der Waals surface area contributed by atoms with Crippen molar-refractivity contribution in [2.24, 2.45) is 0 Å². The van der Waals surface area contributed by atoms with Crippen molar-refractivity contribution in [3.63, 3.8) is 0 Å². The van der Waals surface area contributed by atoms with E-state index in [9.17, 15) is 0 Å². The maximum atomic E-state index is 2.72. The van der Waals surface area contributed by atoms with E-state index < -0.39 is 0 Å². The molecule has 0 saturated carbocycles. The Labute approximate surface area is 405 Å². The quantitative estimate of drug-likeness (QED) is 0.163. The summed E-state index contributed by atoms with van der Waals surface area (Å²) in [5.74, 6) is 0. The number of anilines is 6. The molecular weight excluding hydrogens is 828 g/mol. The minimum absolute atomic E-state index is 0.0716. The van der Waals surface area contributed by atoms with Crippen LogP contribution in [0.3, 0.4) is 0 Å². The number of rotatable bonds is 3. The van der Waals surface area contributed by atoms with Gasteiger partial charge in [0.15, 0.2) is 0 Å². The van der Waals surface area contributed by atoms with Crippen LogP contribution >= 0.6 is 11.3 Å². The van der Waals surface area contributed by atoms with Gasteiger partial charge in [0.2, 0.25) is 0 Å². The zero-order chi connectivity index (χ0) is 47.0. The first-order valence-corrected chi connectivity index (χ1v) is 26.2. The van der Waals surface area contributed by atoms with Crippen molar-refractivity contribution in [3.8, 4) is 11.1 Å². The summed E-state index contributed by atoms with van der Waals surface area (Å²) in [5.41, 5.74) is 24.3. The topological polar surface area (TPSA) is 6.48 Å². The molecule has 0 amide bonds. The molecule has 3 heterocycles. The molecule has 0 unspecified atom stereocenters. The van der Waals surface area contributed by atoms with E-state index in [1.807, 2.05) is 0 Å². The molecule has 0 N–H and O–H groups in total. The standard InChI is InChI=1S/C63H69BN2S/c1-38-31-52-55-53(32-38)66(41-21-19-40(20-22-41)39-17-15-14-16-18-39)56-43-34-46-49(63(12,13)30-27-60(46,6)7)37-54(43)67-57(56)64(55)50-35-47-48(62(10,11)29-28-61(47,8)9)36-51(50)65(52)42-23-24-44-45(33-42)59(4,5)26-25-58(44,2)3/h14-24,31-37H,25-30H2,1-13H3. The zero-order valence-electron chi connectivity index (χ0n) is 42.5. The van der Waals surface area contributed by atoms with Crippen molar-refractivity contribution < 1.29 is 0 Å². The summed E-state index contributed by atoms with van der Waals surface area (Å²) in [6.45, 7) is 32.2. The second-order valence-electron chi connectivity index (χ2n) is 25.4. The Kier molecular flexibility index (Phi) is 9.05. The Hall–Kier alpha value is -5.06. The molecule has 12 rings (SSSR count). The molecule has 4 heteroatoms. The molecule has 5 aliphatic rings. The van der Waals surface area contributed by atoms with Gasteiger partial charge in [-0.05, 0) is 194 Å². The number of thiophene rings is 1. The summed E-state index contributed by atoms with van der Waals surface area (Å²) < 4.78 is 2.88. The molecule has 0 atom stereocenters. The molecule has 2 nitrogen and oxygen atoms in total. The number of hydrogen-bond donors (Lipinski definition) is 0. The van der Waals surface area contributed by atoms with Gasteiger partial charge < -0.3 is 9.80 Å². The van der Waals surface area contributed by atoms with Crippen molar-refractivity contribution in [2.75, 3.05) is 9.80 Å². The predicted octanol–water partition coefficient (Wildman–Crippen LogP) is 16.0. The molecule has 3 aliphatic carbocycles. The lowest BCUT2D eigenvalue weighted by atomic mass is 9.35. The number of benzene rings is 6. The van der Waals surface area contributed by atoms with Crippen LogP contribution in [0.2, 0.25) is 0 Å². The highest BCUT2D eigenvalue weighted by Gasteiger charge is 2.49. The van der Waals surface area contributed by atoms with Gasteiger partial charge in [-0.3, -0.25) is 0 Å². The second-order valence-corrected chi connectivity index (χ2v) is 26.5. The Morgan fingerprint density at radius 2 is 0.910 bits per heavy atom. The summed E-state index contributed by atoms with van der Waals surface area (Å²) in [6, 6.07) is 43.6. The highest BCUT2D eigenvalue weighted by molar-refractivity contribution is 7.33.